The number of rotatable bonds is 29. The zero-order chi connectivity index (χ0) is 47.2. The highest BCUT2D eigenvalue weighted by atomic mass is 32.2. The molecule has 1 aromatic carbocycles. The first-order valence-corrected chi connectivity index (χ1v) is 22.4. The van der Waals surface area contributed by atoms with E-state index in [1.807, 2.05) is 11.8 Å². The Labute approximate surface area is 375 Å². The van der Waals surface area contributed by atoms with Crippen molar-refractivity contribution < 1.29 is 53.2 Å². The third-order valence-corrected chi connectivity index (χ3v) is 12.0. The monoisotopic (exact) mass is 917 g/mol. The number of primary amides is 2. The van der Waals surface area contributed by atoms with Gasteiger partial charge in [-0.15, -0.1) is 0 Å². The number of benzene rings is 1. The smallest absolute Gasteiger partial charge is 0.315 e. The SMILES string of the molecule is CC(C)CC(CC(=O)NO)C(=O)N[C@@H](CC(N)=O)C(=O)N[C@@H](Cc1ccccc1)C(=O)NCC(=O)NCC(=O)N[C@@H](CCCCNC(=O)CCCC[C@@H]1SC[C@@H]2NC(=O)N[C@@H]21)C(N)=O. The normalized spacial score (nSPS) is 18.1. The molecule has 354 valence electrons. The summed E-state index contributed by atoms with van der Waals surface area (Å²) in [6.45, 7) is 2.79. The molecule has 22 nitrogen and oxygen atoms in total. The van der Waals surface area contributed by atoms with Crippen LogP contribution < -0.4 is 59.5 Å². The summed E-state index contributed by atoms with van der Waals surface area (Å²) in [6, 6.07) is 4.76. The fourth-order valence-electron chi connectivity index (χ4n) is 7.28. The van der Waals surface area contributed by atoms with Gasteiger partial charge in [0.15, 0.2) is 0 Å². The van der Waals surface area contributed by atoms with Gasteiger partial charge in [0.25, 0.3) is 0 Å². The van der Waals surface area contributed by atoms with Crippen LogP contribution in [-0.4, -0.2) is 125 Å². The number of urea groups is 1. The number of fused-ring (bicyclic) bond motifs is 1. The fraction of sp³-hybridized carbons (Fsp3) is 0.610. The van der Waals surface area contributed by atoms with Crippen molar-refractivity contribution in [2.45, 2.75) is 120 Å². The van der Waals surface area contributed by atoms with Gasteiger partial charge in [-0.1, -0.05) is 50.6 Å². The van der Waals surface area contributed by atoms with Crippen LogP contribution in [0.3, 0.4) is 0 Å². The van der Waals surface area contributed by atoms with Crippen molar-refractivity contribution in [1.29, 1.82) is 0 Å². The number of nitrogens with two attached hydrogens (primary N) is 2. The maximum absolute atomic E-state index is 13.5. The molecule has 0 spiro atoms. The van der Waals surface area contributed by atoms with Crippen molar-refractivity contribution in [3.8, 4) is 0 Å². The Morgan fingerprint density at radius 3 is 2.12 bits per heavy atom. The molecule has 23 heteroatoms. The lowest BCUT2D eigenvalue weighted by molar-refractivity contribution is -0.137. The predicted molar refractivity (Wildman–Crippen MR) is 233 cm³/mol. The average Bonchev–Trinajstić information content (AvgIpc) is 3.80. The molecular formula is C41H63N11O11S. The van der Waals surface area contributed by atoms with Crippen LogP contribution in [0.15, 0.2) is 30.3 Å². The number of unbranched alkanes of at least 4 members (excludes halogenated alkanes) is 2. The molecule has 0 bridgehead atoms. The Morgan fingerprint density at radius 2 is 1.45 bits per heavy atom. The molecule has 14 N–H and O–H groups in total. The van der Waals surface area contributed by atoms with Crippen LogP contribution in [0.25, 0.3) is 0 Å². The van der Waals surface area contributed by atoms with Crippen LogP contribution in [0.4, 0.5) is 4.79 Å². The lowest BCUT2D eigenvalue weighted by Gasteiger charge is -2.25. The Morgan fingerprint density at radius 1 is 0.750 bits per heavy atom. The highest BCUT2D eigenvalue weighted by Gasteiger charge is 2.42. The molecule has 3 rings (SSSR count). The van der Waals surface area contributed by atoms with E-state index in [2.05, 4.69) is 42.5 Å². The summed E-state index contributed by atoms with van der Waals surface area (Å²) >= 11 is 1.83. The minimum Gasteiger partial charge on any atom is -0.370 e. The van der Waals surface area contributed by atoms with Crippen molar-refractivity contribution in [1.82, 2.24) is 48.0 Å². The third kappa shape index (κ3) is 19.2. The van der Waals surface area contributed by atoms with Crippen LogP contribution in [0.1, 0.15) is 83.6 Å². The molecule has 0 aliphatic carbocycles. The predicted octanol–water partition coefficient (Wildman–Crippen LogP) is -2.15. The first-order valence-electron chi connectivity index (χ1n) is 21.4. The van der Waals surface area contributed by atoms with Crippen LogP contribution >= 0.6 is 11.8 Å². The van der Waals surface area contributed by atoms with Gasteiger partial charge in [-0.3, -0.25) is 48.4 Å². The zero-order valence-corrected chi connectivity index (χ0v) is 37.0. The number of amides is 11. The van der Waals surface area contributed by atoms with Crippen molar-refractivity contribution in [2.24, 2.45) is 23.3 Å². The molecule has 2 aliphatic heterocycles. The Bertz CT molecular complexity index is 1810. The van der Waals surface area contributed by atoms with E-state index >= 15 is 0 Å². The van der Waals surface area contributed by atoms with E-state index in [1.54, 1.807) is 44.2 Å². The zero-order valence-electron chi connectivity index (χ0n) is 36.2. The molecule has 2 aliphatic rings. The lowest BCUT2D eigenvalue weighted by atomic mass is 9.92. The molecule has 0 aromatic heterocycles. The van der Waals surface area contributed by atoms with Crippen LogP contribution in [0.5, 0.6) is 0 Å². The van der Waals surface area contributed by atoms with E-state index in [9.17, 15) is 47.9 Å². The quantitative estimate of drug-likeness (QED) is 0.0177. The van der Waals surface area contributed by atoms with Gasteiger partial charge >= 0.3 is 6.03 Å². The Hall–Kier alpha value is -5.97. The Kier molecular flexibility index (Phi) is 22.3. The van der Waals surface area contributed by atoms with Crippen molar-refractivity contribution in [3.05, 3.63) is 35.9 Å². The number of carbonyl (C=O) groups is 10. The Balaban J connectivity index is 1.43. The first-order chi connectivity index (χ1) is 30.4. The van der Waals surface area contributed by atoms with Gasteiger partial charge in [-0.05, 0) is 50.0 Å². The van der Waals surface area contributed by atoms with E-state index in [-0.39, 0.29) is 49.2 Å². The largest absolute Gasteiger partial charge is 0.370 e. The number of hydrogen-bond donors (Lipinski definition) is 12. The molecule has 2 fully saturated rings. The molecule has 2 saturated heterocycles. The molecular weight excluding hydrogens is 855 g/mol. The summed E-state index contributed by atoms with van der Waals surface area (Å²) in [5, 5.41) is 30.2. The number of hydroxylamine groups is 1. The van der Waals surface area contributed by atoms with Gasteiger partial charge in [0.2, 0.25) is 53.2 Å². The van der Waals surface area contributed by atoms with Gasteiger partial charge < -0.3 is 54.0 Å². The molecule has 11 amide bonds. The second-order valence-electron chi connectivity index (χ2n) is 16.3. The molecule has 0 radical (unpaired) electrons. The number of nitrogens with one attached hydrogen (secondary N) is 9. The van der Waals surface area contributed by atoms with Crippen molar-refractivity contribution in [3.63, 3.8) is 0 Å². The molecule has 1 unspecified atom stereocenters. The maximum atomic E-state index is 13.5. The summed E-state index contributed by atoms with van der Waals surface area (Å²) in [5.41, 5.74) is 12.9. The third-order valence-electron chi connectivity index (χ3n) is 10.5. The number of thioether (sulfide) groups is 1. The van der Waals surface area contributed by atoms with Crippen molar-refractivity contribution in [2.75, 3.05) is 25.4 Å². The number of hydrogen-bond acceptors (Lipinski definition) is 12. The molecule has 7 atom stereocenters. The molecule has 1 aromatic rings. The minimum absolute atomic E-state index is 0.0629. The highest BCUT2D eigenvalue weighted by Crippen LogP contribution is 2.33. The minimum atomic E-state index is -1.55. The topological polar surface area (TPSA) is 351 Å². The van der Waals surface area contributed by atoms with E-state index in [0.717, 1.165) is 18.6 Å². The molecule has 64 heavy (non-hydrogen) atoms. The fourth-order valence-corrected chi connectivity index (χ4v) is 8.82. The maximum Gasteiger partial charge on any atom is 0.315 e. The van der Waals surface area contributed by atoms with Gasteiger partial charge in [0.1, 0.15) is 18.1 Å². The molecule has 0 saturated carbocycles. The second-order valence-corrected chi connectivity index (χ2v) is 17.6. The van der Waals surface area contributed by atoms with Crippen LogP contribution in [0.2, 0.25) is 0 Å². The van der Waals surface area contributed by atoms with Gasteiger partial charge in [0.05, 0.1) is 31.6 Å². The van der Waals surface area contributed by atoms with Gasteiger partial charge in [-0.2, -0.15) is 11.8 Å². The van der Waals surface area contributed by atoms with E-state index in [0.29, 0.717) is 43.0 Å². The van der Waals surface area contributed by atoms with E-state index < -0.39 is 97.2 Å². The average molecular weight is 918 g/mol. The summed E-state index contributed by atoms with van der Waals surface area (Å²) < 4.78 is 0. The van der Waals surface area contributed by atoms with Crippen molar-refractivity contribution >= 4 is 71.0 Å². The number of carbonyl (C=O) groups excluding carboxylic acids is 10. The lowest BCUT2D eigenvalue weighted by Crippen LogP contribution is -2.56. The first kappa shape index (κ1) is 52.4. The second kappa shape index (κ2) is 27.3. The molecule has 2 heterocycles. The van der Waals surface area contributed by atoms with Crippen LogP contribution in [-0.2, 0) is 49.6 Å². The summed E-state index contributed by atoms with van der Waals surface area (Å²) in [6.07, 6.45) is 3.07. The summed E-state index contributed by atoms with van der Waals surface area (Å²) in [5.74, 6) is -6.86. The summed E-state index contributed by atoms with van der Waals surface area (Å²) in [7, 11) is 0. The van der Waals surface area contributed by atoms with Crippen LogP contribution in [0, 0.1) is 11.8 Å². The standard InChI is InChI=1S/C41H63N11O11S/c1-23(2)16-25(18-33(55)52-63)38(59)48-28(19-31(42)53)40(61)49-27(17-24-10-4-3-5-11-24)39(60)46-20-34(56)45-21-35(57)47-26(37(43)58)12-8-9-15-44-32(54)14-7-6-13-30-36-29(22-64-30)50-41(62)51-36/h3-5,10-11,23,25-30,36,63H,6-9,12-22H2,1-2H3,(H2,42,53)(H2,43,58)(H,44,54)(H,45,56)(H,46,60)(H,47,57)(H,48,59)(H,49,61)(H,52,55)(H2,50,51,62)/t25?,26-,27-,28-,29-,30-,36-/m0/s1. The highest BCUT2D eigenvalue weighted by molar-refractivity contribution is 8.00. The van der Waals surface area contributed by atoms with Gasteiger partial charge in [-0.25, -0.2) is 10.3 Å². The summed E-state index contributed by atoms with van der Waals surface area (Å²) in [4.78, 5) is 125. The van der Waals surface area contributed by atoms with Gasteiger partial charge in [0, 0.05) is 42.7 Å². The van der Waals surface area contributed by atoms with E-state index in [4.69, 9.17) is 16.7 Å². The van der Waals surface area contributed by atoms with E-state index in [1.165, 1.54) is 5.48 Å².